The van der Waals surface area contributed by atoms with Gasteiger partial charge in [-0.25, -0.2) is 0 Å². The Morgan fingerprint density at radius 1 is 1.22 bits per heavy atom. The second-order valence-electron chi connectivity index (χ2n) is 5.66. The molecule has 1 N–H and O–H groups in total. The van der Waals surface area contributed by atoms with Gasteiger partial charge < -0.3 is 10.1 Å². The summed E-state index contributed by atoms with van der Waals surface area (Å²) in [5.74, 6) is 0. The maximum absolute atomic E-state index is 5.58. The lowest BCUT2D eigenvalue weighted by molar-refractivity contribution is 0.0130. The van der Waals surface area contributed by atoms with Gasteiger partial charge in [-0.05, 0) is 57.2 Å². The summed E-state index contributed by atoms with van der Waals surface area (Å²) in [6.07, 6.45) is 2.66. The molecule has 2 nitrogen and oxygen atoms in total. The first kappa shape index (κ1) is 13.6. The van der Waals surface area contributed by atoms with Crippen LogP contribution in [0.3, 0.4) is 0 Å². The summed E-state index contributed by atoms with van der Waals surface area (Å²) in [6, 6.07) is 5.15. The summed E-state index contributed by atoms with van der Waals surface area (Å²) in [7, 11) is 0. The minimum Gasteiger partial charge on any atom is -0.378 e. The van der Waals surface area contributed by atoms with E-state index in [9.17, 15) is 0 Å². The molecule has 0 bridgehead atoms. The summed E-state index contributed by atoms with van der Waals surface area (Å²) in [5, 5.41) is 3.69. The average molecular weight is 247 g/mol. The summed E-state index contributed by atoms with van der Waals surface area (Å²) in [4.78, 5) is 0. The number of aryl methyl sites for hydroxylation is 3. The van der Waals surface area contributed by atoms with Gasteiger partial charge in [-0.3, -0.25) is 0 Å². The molecule has 0 aliphatic carbocycles. The number of benzene rings is 1. The highest BCUT2D eigenvalue weighted by atomic mass is 16.5. The molecule has 2 unspecified atom stereocenters. The summed E-state index contributed by atoms with van der Waals surface area (Å²) in [6.45, 7) is 10.6. The summed E-state index contributed by atoms with van der Waals surface area (Å²) >= 11 is 0. The van der Waals surface area contributed by atoms with Gasteiger partial charge in [0.25, 0.3) is 0 Å². The molecule has 1 saturated heterocycles. The van der Waals surface area contributed by atoms with E-state index < -0.39 is 0 Å². The highest BCUT2D eigenvalue weighted by Gasteiger charge is 2.19. The highest BCUT2D eigenvalue weighted by Crippen LogP contribution is 2.18. The smallest absolute Gasteiger partial charge is 0.0561 e. The fourth-order valence-electron chi connectivity index (χ4n) is 2.92. The van der Waals surface area contributed by atoms with Crippen molar-refractivity contribution in [3.63, 3.8) is 0 Å². The Morgan fingerprint density at radius 3 is 2.50 bits per heavy atom. The van der Waals surface area contributed by atoms with E-state index in [2.05, 4.69) is 45.1 Å². The van der Waals surface area contributed by atoms with Crippen LogP contribution < -0.4 is 5.32 Å². The third-order valence-electron chi connectivity index (χ3n) is 3.89. The summed E-state index contributed by atoms with van der Waals surface area (Å²) in [5.41, 5.74) is 5.62. The van der Waals surface area contributed by atoms with E-state index in [1.807, 2.05) is 0 Å². The van der Waals surface area contributed by atoms with Crippen molar-refractivity contribution in [1.29, 1.82) is 0 Å². The molecule has 0 aromatic heterocycles. The van der Waals surface area contributed by atoms with Crippen LogP contribution in [0.1, 0.15) is 42.0 Å². The molecule has 1 aromatic carbocycles. The second-order valence-corrected chi connectivity index (χ2v) is 5.66. The van der Waals surface area contributed by atoms with Crippen molar-refractivity contribution in [2.45, 2.75) is 59.2 Å². The lowest BCUT2D eigenvalue weighted by Crippen LogP contribution is -2.37. The van der Waals surface area contributed by atoms with Crippen molar-refractivity contribution in [2.24, 2.45) is 0 Å². The molecule has 1 aromatic rings. The van der Waals surface area contributed by atoms with E-state index in [1.54, 1.807) is 0 Å². The second kappa shape index (κ2) is 5.85. The average Bonchev–Trinajstić information content (AvgIpc) is 2.27. The third-order valence-corrected chi connectivity index (χ3v) is 3.89. The first-order valence-electron chi connectivity index (χ1n) is 6.98. The van der Waals surface area contributed by atoms with E-state index in [0.717, 1.165) is 26.0 Å². The molecule has 2 atom stereocenters. The zero-order chi connectivity index (χ0) is 13.1. The number of hydrogen-bond acceptors (Lipinski definition) is 2. The minimum absolute atomic E-state index is 0.400. The molecule has 0 radical (unpaired) electrons. The molecule has 100 valence electrons. The van der Waals surface area contributed by atoms with E-state index >= 15 is 0 Å². The molecule has 18 heavy (non-hydrogen) atoms. The maximum Gasteiger partial charge on any atom is 0.0561 e. The normalized spacial score (nSPS) is 24.2. The zero-order valence-corrected chi connectivity index (χ0v) is 12.0. The predicted molar refractivity (Wildman–Crippen MR) is 75.9 cm³/mol. The molecule has 1 fully saturated rings. The van der Waals surface area contributed by atoms with Gasteiger partial charge in [0, 0.05) is 19.2 Å². The van der Waals surface area contributed by atoms with E-state index in [1.165, 1.54) is 22.3 Å². The Bertz CT molecular complexity index is 391. The molecule has 0 spiro atoms. The number of ether oxygens (including phenoxy) is 1. The molecule has 2 heteroatoms. The van der Waals surface area contributed by atoms with Gasteiger partial charge in [0.2, 0.25) is 0 Å². The van der Waals surface area contributed by atoms with Crippen LogP contribution in [0.15, 0.2) is 12.1 Å². The van der Waals surface area contributed by atoms with E-state index in [-0.39, 0.29) is 0 Å². The molecule has 1 heterocycles. The van der Waals surface area contributed by atoms with Gasteiger partial charge in [0.05, 0.1) is 6.10 Å². The van der Waals surface area contributed by atoms with Crippen LogP contribution >= 0.6 is 0 Å². The quantitative estimate of drug-likeness (QED) is 0.885. The Hall–Kier alpha value is -0.860. The molecular formula is C16H25NO. The molecule has 1 aliphatic rings. The van der Waals surface area contributed by atoms with Crippen molar-refractivity contribution in [1.82, 2.24) is 5.32 Å². The maximum atomic E-state index is 5.58. The van der Waals surface area contributed by atoms with Crippen LogP contribution in [0.5, 0.6) is 0 Å². The molecule has 0 amide bonds. The number of hydrogen-bond donors (Lipinski definition) is 1. The van der Waals surface area contributed by atoms with Crippen molar-refractivity contribution in [3.05, 3.63) is 34.4 Å². The molecular weight excluding hydrogens is 222 g/mol. The Kier molecular flexibility index (Phi) is 4.41. The fourth-order valence-corrected chi connectivity index (χ4v) is 2.92. The van der Waals surface area contributed by atoms with E-state index in [4.69, 9.17) is 4.74 Å². The lowest BCUT2D eigenvalue weighted by Gasteiger charge is -2.28. The van der Waals surface area contributed by atoms with Crippen LogP contribution in [0.25, 0.3) is 0 Å². The van der Waals surface area contributed by atoms with Crippen molar-refractivity contribution < 1.29 is 4.74 Å². The number of rotatable bonds is 3. The van der Waals surface area contributed by atoms with Gasteiger partial charge >= 0.3 is 0 Å². The standard InChI is InChI=1S/C16H25NO/c1-11-7-12(2)16(13(3)8-11)10-17-15-5-6-18-14(4)9-15/h7-8,14-15,17H,5-6,9-10H2,1-4H3. The fraction of sp³-hybridized carbons (Fsp3) is 0.625. The van der Waals surface area contributed by atoms with Gasteiger partial charge in [-0.1, -0.05) is 17.7 Å². The SMILES string of the molecule is Cc1cc(C)c(CNC2CCOC(C)C2)c(C)c1. The largest absolute Gasteiger partial charge is 0.378 e. The number of nitrogens with one attached hydrogen (secondary N) is 1. The Labute approximate surface area is 111 Å². The van der Waals surface area contributed by atoms with Crippen LogP contribution in [0.4, 0.5) is 0 Å². The molecule has 1 aliphatic heterocycles. The third kappa shape index (κ3) is 3.33. The van der Waals surface area contributed by atoms with Crippen LogP contribution in [-0.2, 0) is 11.3 Å². The first-order valence-corrected chi connectivity index (χ1v) is 6.98. The lowest BCUT2D eigenvalue weighted by atomic mass is 9.98. The summed E-state index contributed by atoms with van der Waals surface area (Å²) < 4.78 is 5.58. The van der Waals surface area contributed by atoms with Crippen LogP contribution in [-0.4, -0.2) is 18.8 Å². The molecule has 0 saturated carbocycles. The monoisotopic (exact) mass is 247 g/mol. The van der Waals surface area contributed by atoms with Crippen molar-refractivity contribution >= 4 is 0 Å². The topological polar surface area (TPSA) is 21.3 Å². The van der Waals surface area contributed by atoms with Crippen LogP contribution in [0.2, 0.25) is 0 Å². The Balaban J connectivity index is 1.97. The molecule has 2 rings (SSSR count). The van der Waals surface area contributed by atoms with Gasteiger partial charge in [-0.2, -0.15) is 0 Å². The Morgan fingerprint density at radius 2 is 1.89 bits per heavy atom. The van der Waals surface area contributed by atoms with Gasteiger partial charge in [0.15, 0.2) is 0 Å². The zero-order valence-electron chi connectivity index (χ0n) is 12.0. The van der Waals surface area contributed by atoms with Crippen molar-refractivity contribution in [3.8, 4) is 0 Å². The van der Waals surface area contributed by atoms with E-state index in [0.29, 0.717) is 12.1 Å². The van der Waals surface area contributed by atoms with Gasteiger partial charge in [-0.15, -0.1) is 0 Å². The van der Waals surface area contributed by atoms with Crippen molar-refractivity contribution in [2.75, 3.05) is 6.61 Å². The minimum atomic E-state index is 0.400. The predicted octanol–water partition coefficient (Wildman–Crippen LogP) is 3.27. The first-order chi connectivity index (χ1) is 8.56. The van der Waals surface area contributed by atoms with Crippen LogP contribution in [0, 0.1) is 20.8 Å². The highest BCUT2D eigenvalue weighted by molar-refractivity contribution is 5.37. The van der Waals surface area contributed by atoms with Gasteiger partial charge in [0.1, 0.15) is 0 Å².